The van der Waals surface area contributed by atoms with Crippen molar-refractivity contribution in [2.75, 3.05) is 11.9 Å². The van der Waals surface area contributed by atoms with E-state index in [1.54, 1.807) is 35.7 Å². The number of urea groups is 1. The summed E-state index contributed by atoms with van der Waals surface area (Å²) in [6.07, 6.45) is 1.76. The summed E-state index contributed by atoms with van der Waals surface area (Å²) in [6.45, 7) is -0.210. The zero-order valence-electron chi connectivity index (χ0n) is 15.6. The Hall–Kier alpha value is -2.84. The molecule has 2 aliphatic rings. The molecular weight excluding hydrogens is 429 g/mol. The van der Waals surface area contributed by atoms with E-state index < -0.39 is 29.0 Å². The van der Waals surface area contributed by atoms with E-state index in [9.17, 15) is 18.8 Å². The quantitative estimate of drug-likeness (QED) is 0.758. The minimum Gasteiger partial charge on any atom is -0.324 e. The number of rotatable bonds is 5. The molecule has 2 unspecified atom stereocenters. The zero-order chi connectivity index (χ0) is 21.3. The van der Waals surface area contributed by atoms with Crippen molar-refractivity contribution in [1.29, 1.82) is 0 Å². The summed E-state index contributed by atoms with van der Waals surface area (Å²) in [6, 6.07) is 11.3. The van der Waals surface area contributed by atoms with Gasteiger partial charge in [0.05, 0.1) is 12.6 Å². The highest BCUT2D eigenvalue weighted by molar-refractivity contribution is 8.03. The Balaban J connectivity index is 1.52. The molecule has 4 rings (SSSR count). The molecule has 0 aromatic heterocycles. The van der Waals surface area contributed by atoms with Gasteiger partial charge >= 0.3 is 6.03 Å². The number of thioether (sulfide) groups is 1. The first-order chi connectivity index (χ1) is 14.4. The van der Waals surface area contributed by atoms with Gasteiger partial charge in [-0.25, -0.2) is 9.18 Å². The number of fused-ring (bicyclic) bond motifs is 1. The van der Waals surface area contributed by atoms with Crippen molar-refractivity contribution in [3.8, 4) is 0 Å². The molecule has 2 heterocycles. The summed E-state index contributed by atoms with van der Waals surface area (Å²) in [5.41, 5.74) is 1.14. The molecule has 0 saturated carbocycles. The highest BCUT2D eigenvalue weighted by Gasteiger charge is 2.47. The fraction of sp³-hybridized carbons (Fsp3) is 0.190. The zero-order valence-corrected chi connectivity index (χ0v) is 17.2. The van der Waals surface area contributed by atoms with Gasteiger partial charge < -0.3 is 10.2 Å². The SMILES string of the molecule is O=C(CN1C(=O)N(Cc2ccc(F)cc2)C(=O)C2SC=CC21)Nc1cccc(Cl)c1. The van der Waals surface area contributed by atoms with Gasteiger partial charge in [-0.3, -0.25) is 14.5 Å². The van der Waals surface area contributed by atoms with Crippen LogP contribution in [-0.4, -0.2) is 45.5 Å². The lowest BCUT2D eigenvalue weighted by atomic mass is 10.1. The lowest BCUT2D eigenvalue weighted by molar-refractivity contribution is -0.132. The van der Waals surface area contributed by atoms with E-state index in [0.29, 0.717) is 16.3 Å². The van der Waals surface area contributed by atoms with Crippen LogP contribution >= 0.6 is 23.4 Å². The number of imide groups is 1. The van der Waals surface area contributed by atoms with Gasteiger partial charge in [-0.15, -0.1) is 11.8 Å². The first kappa shape index (κ1) is 20.4. The molecule has 30 heavy (non-hydrogen) atoms. The standard InChI is InChI=1S/C21H17ClFN3O3S/c22-14-2-1-3-16(10-14)24-18(27)12-25-17-8-9-30-19(17)20(28)26(21(25)29)11-13-4-6-15(23)7-5-13/h1-10,17,19H,11-12H2,(H,24,27). The normalized spacial score (nSPS) is 20.5. The molecule has 9 heteroatoms. The molecule has 1 N–H and O–H groups in total. The van der Waals surface area contributed by atoms with Gasteiger partial charge in [0.1, 0.15) is 17.6 Å². The summed E-state index contributed by atoms with van der Waals surface area (Å²) in [4.78, 5) is 41.1. The summed E-state index contributed by atoms with van der Waals surface area (Å²) in [7, 11) is 0. The Morgan fingerprint density at radius 3 is 2.67 bits per heavy atom. The summed E-state index contributed by atoms with van der Waals surface area (Å²) in [5, 5.41) is 4.45. The molecule has 0 radical (unpaired) electrons. The second-order valence-electron chi connectivity index (χ2n) is 6.90. The molecule has 2 aromatic rings. The molecule has 6 nitrogen and oxygen atoms in total. The maximum Gasteiger partial charge on any atom is 0.328 e. The summed E-state index contributed by atoms with van der Waals surface area (Å²) in [5.74, 6) is -1.12. The van der Waals surface area contributed by atoms with Crippen molar-refractivity contribution >= 4 is 46.9 Å². The fourth-order valence-electron chi connectivity index (χ4n) is 3.41. The van der Waals surface area contributed by atoms with Crippen LogP contribution in [0.5, 0.6) is 0 Å². The molecule has 4 amide bonds. The van der Waals surface area contributed by atoms with Gasteiger partial charge in [-0.05, 0) is 41.3 Å². The lowest BCUT2D eigenvalue weighted by Gasteiger charge is -2.40. The highest BCUT2D eigenvalue weighted by Crippen LogP contribution is 2.35. The third-order valence-electron chi connectivity index (χ3n) is 4.83. The molecule has 2 aromatic carbocycles. The van der Waals surface area contributed by atoms with E-state index in [1.165, 1.54) is 40.9 Å². The summed E-state index contributed by atoms with van der Waals surface area (Å²) >= 11 is 7.26. The van der Waals surface area contributed by atoms with E-state index in [4.69, 9.17) is 11.6 Å². The van der Waals surface area contributed by atoms with Crippen LogP contribution in [0.4, 0.5) is 14.9 Å². The average Bonchev–Trinajstić information content (AvgIpc) is 3.20. The average molecular weight is 446 g/mol. The van der Waals surface area contributed by atoms with Crippen LogP contribution in [0.15, 0.2) is 60.0 Å². The van der Waals surface area contributed by atoms with E-state index in [2.05, 4.69) is 5.32 Å². The van der Waals surface area contributed by atoms with Gasteiger partial charge in [0.2, 0.25) is 11.8 Å². The first-order valence-electron chi connectivity index (χ1n) is 9.16. The number of hydrogen-bond donors (Lipinski definition) is 1. The van der Waals surface area contributed by atoms with Crippen LogP contribution in [0.2, 0.25) is 5.02 Å². The Morgan fingerprint density at radius 1 is 1.17 bits per heavy atom. The van der Waals surface area contributed by atoms with Gasteiger partial charge in [0.25, 0.3) is 0 Å². The van der Waals surface area contributed by atoms with E-state index >= 15 is 0 Å². The molecule has 0 bridgehead atoms. The van der Waals surface area contributed by atoms with Crippen molar-refractivity contribution in [1.82, 2.24) is 9.80 Å². The predicted molar refractivity (Wildman–Crippen MR) is 113 cm³/mol. The first-order valence-corrected chi connectivity index (χ1v) is 10.5. The molecule has 1 fully saturated rings. The van der Waals surface area contributed by atoms with Crippen molar-refractivity contribution in [2.45, 2.75) is 17.8 Å². The van der Waals surface area contributed by atoms with E-state index in [-0.39, 0.29) is 19.0 Å². The molecule has 0 aliphatic carbocycles. The van der Waals surface area contributed by atoms with Gasteiger partial charge in [-0.2, -0.15) is 0 Å². The number of carbonyl (C=O) groups excluding carboxylic acids is 3. The van der Waals surface area contributed by atoms with Crippen molar-refractivity contribution in [2.24, 2.45) is 0 Å². The third kappa shape index (κ3) is 4.20. The number of benzene rings is 2. The number of amides is 4. The smallest absolute Gasteiger partial charge is 0.324 e. The minimum atomic E-state index is -0.557. The van der Waals surface area contributed by atoms with Crippen molar-refractivity contribution in [3.63, 3.8) is 0 Å². The molecular formula is C21H17ClFN3O3S. The van der Waals surface area contributed by atoms with Crippen LogP contribution < -0.4 is 5.32 Å². The second kappa shape index (κ2) is 8.49. The number of nitrogens with one attached hydrogen (secondary N) is 1. The molecule has 0 spiro atoms. The van der Waals surface area contributed by atoms with Crippen LogP contribution in [-0.2, 0) is 16.1 Å². The van der Waals surface area contributed by atoms with Crippen LogP contribution in [0.3, 0.4) is 0 Å². The highest BCUT2D eigenvalue weighted by atomic mass is 35.5. The number of anilines is 1. The van der Waals surface area contributed by atoms with E-state index in [1.807, 2.05) is 0 Å². The van der Waals surface area contributed by atoms with Crippen molar-refractivity contribution in [3.05, 3.63) is 76.4 Å². The Kier molecular flexibility index (Phi) is 5.78. The fourth-order valence-corrected chi connectivity index (χ4v) is 4.66. The maximum atomic E-state index is 13.2. The molecule has 154 valence electrons. The second-order valence-corrected chi connectivity index (χ2v) is 8.38. The summed E-state index contributed by atoms with van der Waals surface area (Å²) < 4.78 is 13.2. The van der Waals surface area contributed by atoms with Crippen LogP contribution in [0, 0.1) is 5.82 Å². The van der Waals surface area contributed by atoms with Gasteiger partial charge in [-0.1, -0.05) is 35.9 Å². The molecule has 1 saturated heterocycles. The number of hydrogen-bond acceptors (Lipinski definition) is 4. The Labute approximate surface area is 181 Å². The van der Waals surface area contributed by atoms with Gasteiger partial charge in [0.15, 0.2) is 0 Å². The minimum absolute atomic E-state index is 0.00807. The number of carbonyl (C=O) groups is 3. The maximum absolute atomic E-state index is 13.2. The van der Waals surface area contributed by atoms with Crippen molar-refractivity contribution < 1.29 is 18.8 Å². The topological polar surface area (TPSA) is 69.7 Å². The lowest BCUT2D eigenvalue weighted by Crippen LogP contribution is -2.62. The predicted octanol–water partition coefficient (Wildman–Crippen LogP) is 3.88. The van der Waals surface area contributed by atoms with Crippen LogP contribution in [0.1, 0.15) is 5.56 Å². The number of halogens is 2. The Bertz CT molecular complexity index is 1030. The molecule has 2 aliphatic heterocycles. The largest absolute Gasteiger partial charge is 0.328 e. The molecule has 2 atom stereocenters. The van der Waals surface area contributed by atoms with E-state index in [0.717, 1.165) is 4.90 Å². The number of nitrogens with zero attached hydrogens (tertiary/aromatic N) is 2. The Morgan fingerprint density at radius 2 is 1.93 bits per heavy atom. The third-order valence-corrected chi connectivity index (χ3v) is 6.16. The van der Waals surface area contributed by atoms with Crippen LogP contribution in [0.25, 0.3) is 0 Å². The van der Waals surface area contributed by atoms with Gasteiger partial charge in [0, 0.05) is 10.7 Å². The monoisotopic (exact) mass is 445 g/mol.